The van der Waals surface area contributed by atoms with Crippen molar-refractivity contribution in [2.24, 2.45) is 5.92 Å². The zero-order chi connectivity index (χ0) is 27.2. The van der Waals surface area contributed by atoms with Crippen molar-refractivity contribution in [3.63, 3.8) is 0 Å². The summed E-state index contributed by atoms with van der Waals surface area (Å²) in [5.74, 6) is -0.268. The molecule has 2 atom stereocenters. The number of rotatable bonds is 6. The molecule has 1 saturated heterocycles. The first-order valence-electron chi connectivity index (χ1n) is 11.2. The summed E-state index contributed by atoms with van der Waals surface area (Å²) in [6.45, 7) is 5.08. The second kappa shape index (κ2) is 9.67. The van der Waals surface area contributed by atoms with Crippen molar-refractivity contribution in [2.45, 2.75) is 50.0 Å². The van der Waals surface area contributed by atoms with Gasteiger partial charge in [0, 0.05) is 25.3 Å². The maximum atomic E-state index is 13.8. The molecular weight excluding hydrogens is 531 g/mol. The number of H-pyrrole nitrogens is 1. The number of anilines is 1. The van der Waals surface area contributed by atoms with Crippen molar-refractivity contribution in [3.05, 3.63) is 40.8 Å². The number of aromatic amines is 1. The van der Waals surface area contributed by atoms with Crippen LogP contribution in [-0.2, 0) is 21.8 Å². The number of piperidine rings is 1. The number of halogens is 3. The number of imidazole rings is 1. The Morgan fingerprint density at radius 2 is 2.05 bits per heavy atom. The van der Waals surface area contributed by atoms with E-state index in [9.17, 15) is 32.0 Å². The SMILES string of the molecule is C[C@@H]1CN(S(=O)(=O)c2cnc[nH]2)CC[C@@H]1Nc1ncc(C(F)(F)F)c(-c2cc(C#N)c(C(C)(C)O)s2)n1. The van der Waals surface area contributed by atoms with E-state index in [1.165, 1.54) is 36.7 Å². The number of nitrogens with zero attached hydrogens (tertiary/aromatic N) is 5. The van der Waals surface area contributed by atoms with Crippen LogP contribution in [0.4, 0.5) is 19.1 Å². The fraction of sp³-hybridized carbons (Fsp3) is 0.455. The zero-order valence-electron chi connectivity index (χ0n) is 20.0. The van der Waals surface area contributed by atoms with Crippen molar-refractivity contribution in [1.82, 2.24) is 24.2 Å². The molecule has 15 heteroatoms. The van der Waals surface area contributed by atoms with E-state index in [-0.39, 0.29) is 51.3 Å². The molecule has 10 nitrogen and oxygen atoms in total. The van der Waals surface area contributed by atoms with Gasteiger partial charge >= 0.3 is 6.18 Å². The number of aliphatic hydroxyl groups is 1. The van der Waals surface area contributed by atoms with E-state index >= 15 is 0 Å². The molecule has 1 aliphatic heterocycles. The third-order valence-electron chi connectivity index (χ3n) is 6.01. The molecule has 0 aliphatic carbocycles. The molecule has 4 rings (SSSR count). The highest BCUT2D eigenvalue weighted by Crippen LogP contribution is 2.42. The standard InChI is InChI=1S/C22H24F3N7O3S2/c1-12-10-32(37(34,35)17-9-27-11-29-17)5-4-15(12)30-20-28-8-14(22(23,24)25)18(31-20)16-6-13(7-26)19(36-16)21(2,3)33/h6,8-9,11-12,15,33H,4-5,10H2,1-3H3,(H,27,29)(H,28,30,31)/t12-,15+/m1/s1. The van der Waals surface area contributed by atoms with Crippen LogP contribution in [0.25, 0.3) is 10.6 Å². The number of aromatic nitrogens is 4. The molecule has 1 aliphatic rings. The van der Waals surface area contributed by atoms with E-state index < -0.39 is 33.1 Å². The normalized spacial score (nSPS) is 19.5. The van der Waals surface area contributed by atoms with Gasteiger partial charge in [-0.05, 0) is 32.3 Å². The summed E-state index contributed by atoms with van der Waals surface area (Å²) < 4.78 is 68.3. The van der Waals surface area contributed by atoms with Crippen molar-refractivity contribution in [1.29, 1.82) is 5.26 Å². The Labute approximate surface area is 215 Å². The maximum absolute atomic E-state index is 13.8. The van der Waals surface area contributed by atoms with Crippen LogP contribution in [0.3, 0.4) is 0 Å². The minimum absolute atomic E-state index is 0.0139. The third-order valence-corrected chi connectivity index (χ3v) is 9.25. The molecule has 37 heavy (non-hydrogen) atoms. The van der Waals surface area contributed by atoms with Gasteiger partial charge in [0.15, 0.2) is 5.03 Å². The highest BCUT2D eigenvalue weighted by atomic mass is 32.2. The van der Waals surface area contributed by atoms with E-state index in [0.717, 1.165) is 11.3 Å². The fourth-order valence-corrected chi connectivity index (χ4v) is 6.69. The summed E-state index contributed by atoms with van der Waals surface area (Å²) in [7, 11) is -3.74. The summed E-state index contributed by atoms with van der Waals surface area (Å²) in [4.78, 5) is 14.7. The molecule has 3 aromatic rings. The smallest absolute Gasteiger partial charge is 0.385 e. The number of thiophene rings is 1. The molecule has 0 bridgehead atoms. The Hall–Kier alpha value is -3.06. The number of nitriles is 1. The number of hydrogen-bond acceptors (Lipinski definition) is 9. The minimum Gasteiger partial charge on any atom is -0.385 e. The van der Waals surface area contributed by atoms with Gasteiger partial charge in [0.2, 0.25) is 5.95 Å². The van der Waals surface area contributed by atoms with E-state index in [0.29, 0.717) is 12.6 Å². The van der Waals surface area contributed by atoms with E-state index in [4.69, 9.17) is 0 Å². The van der Waals surface area contributed by atoms with Gasteiger partial charge < -0.3 is 15.4 Å². The number of nitrogens with one attached hydrogen (secondary N) is 2. The largest absolute Gasteiger partial charge is 0.420 e. The van der Waals surface area contributed by atoms with Crippen LogP contribution in [0.15, 0.2) is 29.8 Å². The monoisotopic (exact) mass is 555 g/mol. The molecule has 198 valence electrons. The van der Waals surface area contributed by atoms with Gasteiger partial charge in [0.1, 0.15) is 11.6 Å². The van der Waals surface area contributed by atoms with Crippen molar-refractivity contribution in [3.8, 4) is 16.6 Å². The summed E-state index contributed by atoms with van der Waals surface area (Å²) >= 11 is 0.859. The Kier molecular flexibility index (Phi) is 7.06. The first-order valence-corrected chi connectivity index (χ1v) is 13.4. The van der Waals surface area contributed by atoms with Gasteiger partial charge in [-0.2, -0.15) is 22.7 Å². The second-order valence-corrected chi connectivity index (χ2v) is 12.2. The number of sulfonamides is 1. The molecule has 0 aromatic carbocycles. The molecule has 0 saturated carbocycles. The fourth-order valence-electron chi connectivity index (χ4n) is 4.12. The molecule has 0 amide bonds. The van der Waals surface area contributed by atoms with Crippen LogP contribution < -0.4 is 5.32 Å². The van der Waals surface area contributed by atoms with Gasteiger partial charge in [0.05, 0.1) is 39.1 Å². The van der Waals surface area contributed by atoms with E-state index in [2.05, 4.69) is 25.3 Å². The van der Waals surface area contributed by atoms with Crippen LogP contribution in [0.2, 0.25) is 0 Å². The topological polar surface area (TPSA) is 148 Å². The quantitative estimate of drug-likeness (QED) is 0.418. The molecule has 4 heterocycles. The molecule has 3 aromatic heterocycles. The minimum atomic E-state index is -4.75. The molecule has 0 radical (unpaired) electrons. The van der Waals surface area contributed by atoms with E-state index in [1.54, 1.807) is 0 Å². The second-order valence-electron chi connectivity index (χ2n) is 9.27. The van der Waals surface area contributed by atoms with Crippen molar-refractivity contribution in [2.75, 3.05) is 18.4 Å². The Morgan fingerprint density at radius 3 is 2.59 bits per heavy atom. The average Bonchev–Trinajstić information content (AvgIpc) is 3.50. The summed E-state index contributed by atoms with van der Waals surface area (Å²) in [6.07, 6.45) is -1.19. The van der Waals surface area contributed by atoms with Crippen LogP contribution in [-0.4, -0.2) is 56.9 Å². The highest BCUT2D eigenvalue weighted by Gasteiger charge is 2.38. The zero-order valence-corrected chi connectivity index (χ0v) is 21.7. The molecule has 0 unspecified atom stereocenters. The predicted octanol–water partition coefficient (Wildman–Crippen LogP) is 3.56. The lowest BCUT2D eigenvalue weighted by Crippen LogP contribution is -2.47. The molecule has 0 spiro atoms. The Bertz CT molecular complexity index is 1430. The van der Waals surface area contributed by atoms with Crippen LogP contribution in [0.5, 0.6) is 0 Å². The number of hydrogen-bond donors (Lipinski definition) is 3. The first-order chi connectivity index (χ1) is 17.2. The summed E-state index contributed by atoms with van der Waals surface area (Å²) in [5.41, 5.74) is -2.85. The highest BCUT2D eigenvalue weighted by molar-refractivity contribution is 7.89. The van der Waals surface area contributed by atoms with Gasteiger partial charge in [-0.3, -0.25) is 0 Å². The third kappa shape index (κ3) is 5.47. The first kappa shape index (κ1) is 27.0. The number of alkyl halides is 3. The van der Waals surface area contributed by atoms with Crippen molar-refractivity contribution >= 4 is 27.3 Å². The van der Waals surface area contributed by atoms with Gasteiger partial charge in [-0.1, -0.05) is 6.92 Å². The predicted molar refractivity (Wildman–Crippen MR) is 129 cm³/mol. The molecule has 3 N–H and O–H groups in total. The van der Waals surface area contributed by atoms with Gasteiger partial charge in [-0.25, -0.2) is 23.4 Å². The van der Waals surface area contributed by atoms with E-state index in [1.807, 2.05) is 13.0 Å². The lowest BCUT2D eigenvalue weighted by molar-refractivity contribution is -0.137. The Morgan fingerprint density at radius 1 is 1.32 bits per heavy atom. The van der Waals surface area contributed by atoms with Crippen molar-refractivity contribution < 1.29 is 26.7 Å². The van der Waals surface area contributed by atoms with Crippen LogP contribution in [0.1, 0.15) is 43.2 Å². The average molecular weight is 556 g/mol. The van der Waals surface area contributed by atoms with Crippen LogP contribution >= 0.6 is 11.3 Å². The molecule has 1 fully saturated rings. The lowest BCUT2D eigenvalue weighted by atomic mass is 9.95. The lowest BCUT2D eigenvalue weighted by Gasteiger charge is -2.36. The molecular formula is C22H24F3N7O3S2. The summed E-state index contributed by atoms with van der Waals surface area (Å²) in [6, 6.07) is 2.89. The van der Waals surface area contributed by atoms with Gasteiger partial charge in [-0.15, -0.1) is 11.3 Å². The van der Waals surface area contributed by atoms with Crippen LogP contribution in [0, 0.1) is 17.2 Å². The summed E-state index contributed by atoms with van der Waals surface area (Å²) in [5, 5.41) is 22.8. The maximum Gasteiger partial charge on any atom is 0.420 e. The van der Waals surface area contributed by atoms with Gasteiger partial charge in [0.25, 0.3) is 10.0 Å². The Balaban J connectivity index is 1.61.